The fraction of sp³-hybridized carbons (Fsp3) is 0.500. The molecule has 1 aliphatic heterocycles. The van der Waals surface area contributed by atoms with Crippen LogP contribution in [-0.2, 0) is 11.2 Å². The van der Waals surface area contributed by atoms with Crippen molar-refractivity contribution < 1.29 is 9.53 Å². The third-order valence-corrected chi connectivity index (χ3v) is 6.03. The molecule has 2 aliphatic rings. The van der Waals surface area contributed by atoms with Crippen LogP contribution < -0.4 is 0 Å². The Morgan fingerprint density at radius 3 is 2.69 bits per heavy atom. The summed E-state index contributed by atoms with van der Waals surface area (Å²) >= 11 is 0. The third-order valence-electron chi connectivity index (χ3n) is 6.03. The van der Waals surface area contributed by atoms with Crippen molar-refractivity contribution in [2.24, 2.45) is 0 Å². The van der Waals surface area contributed by atoms with Gasteiger partial charge in [-0.05, 0) is 43.9 Å². The van der Waals surface area contributed by atoms with Crippen LogP contribution in [0.3, 0.4) is 0 Å². The number of nitrogens with zero attached hydrogens (tertiary/aromatic N) is 2. The summed E-state index contributed by atoms with van der Waals surface area (Å²) in [6, 6.07) is 14.7. The zero-order valence-electron chi connectivity index (χ0n) is 15.6. The zero-order chi connectivity index (χ0) is 18.0. The van der Waals surface area contributed by atoms with E-state index in [2.05, 4.69) is 40.7 Å². The Morgan fingerprint density at radius 1 is 1.15 bits per heavy atom. The molecule has 4 heteroatoms. The smallest absolute Gasteiger partial charge is 0.271 e. The van der Waals surface area contributed by atoms with E-state index in [-0.39, 0.29) is 17.5 Å². The van der Waals surface area contributed by atoms with Gasteiger partial charge in [0.25, 0.3) is 5.91 Å². The summed E-state index contributed by atoms with van der Waals surface area (Å²) in [4.78, 5) is 15.6. The Kier molecular flexibility index (Phi) is 4.86. The second kappa shape index (κ2) is 7.28. The Labute approximate surface area is 155 Å². The van der Waals surface area contributed by atoms with E-state index in [0.717, 1.165) is 25.0 Å². The summed E-state index contributed by atoms with van der Waals surface area (Å²) in [6.07, 6.45) is 7.49. The van der Waals surface area contributed by atoms with Crippen molar-refractivity contribution in [3.05, 3.63) is 59.9 Å². The van der Waals surface area contributed by atoms with Crippen molar-refractivity contribution in [3.63, 3.8) is 0 Å². The highest BCUT2D eigenvalue weighted by atomic mass is 16.5. The normalized spacial score (nSPS) is 20.4. The summed E-state index contributed by atoms with van der Waals surface area (Å²) in [5.74, 6) is 0.167. The molecule has 1 spiro atoms. The molecular weight excluding hydrogens is 324 g/mol. The first-order valence-electron chi connectivity index (χ1n) is 9.80. The standard InChI is InChI=1S/C22H28N2O2/c1-18(16-19-8-3-2-4-9-19)23-13-7-10-20(23)21(25)24-14-15-26-17-22(24)11-5-6-12-22/h2-4,7-10,13,18H,5-6,11-12,14-17H2,1H3. The number of ether oxygens (including phenoxy) is 1. The number of rotatable bonds is 4. The lowest BCUT2D eigenvalue weighted by atomic mass is 9.94. The topological polar surface area (TPSA) is 34.5 Å². The third kappa shape index (κ3) is 3.18. The molecule has 2 fully saturated rings. The van der Waals surface area contributed by atoms with Gasteiger partial charge in [0.2, 0.25) is 0 Å². The van der Waals surface area contributed by atoms with E-state index in [4.69, 9.17) is 4.74 Å². The maximum absolute atomic E-state index is 13.4. The monoisotopic (exact) mass is 352 g/mol. The van der Waals surface area contributed by atoms with Crippen LogP contribution in [0.1, 0.15) is 54.7 Å². The van der Waals surface area contributed by atoms with Crippen LogP contribution in [0.15, 0.2) is 48.7 Å². The molecule has 1 amide bonds. The Bertz CT molecular complexity index is 747. The minimum absolute atomic E-state index is 0.0763. The molecule has 4 rings (SSSR count). The maximum Gasteiger partial charge on any atom is 0.271 e. The molecule has 0 bridgehead atoms. The van der Waals surface area contributed by atoms with Crippen molar-refractivity contribution in [1.82, 2.24) is 9.47 Å². The molecule has 1 saturated carbocycles. The van der Waals surface area contributed by atoms with Gasteiger partial charge < -0.3 is 14.2 Å². The van der Waals surface area contributed by atoms with Crippen molar-refractivity contribution >= 4 is 5.91 Å². The second-order valence-electron chi connectivity index (χ2n) is 7.78. The predicted molar refractivity (Wildman–Crippen MR) is 102 cm³/mol. The molecule has 1 aliphatic carbocycles. The number of carbonyl (C=O) groups is 1. The van der Waals surface area contributed by atoms with Gasteiger partial charge in [-0.2, -0.15) is 0 Å². The Hall–Kier alpha value is -2.07. The van der Waals surface area contributed by atoms with Crippen LogP contribution in [0.5, 0.6) is 0 Å². The van der Waals surface area contributed by atoms with Gasteiger partial charge in [-0.3, -0.25) is 4.79 Å². The molecule has 0 radical (unpaired) electrons. The minimum Gasteiger partial charge on any atom is -0.377 e. The molecule has 1 aromatic carbocycles. The Morgan fingerprint density at radius 2 is 1.92 bits per heavy atom. The lowest BCUT2D eigenvalue weighted by Gasteiger charge is -2.44. The molecule has 2 aromatic rings. The molecule has 26 heavy (non-hydrogen) atoms. The summed E-state index contributed by atoms with van der Waals surface area (Å²) in [5, 5.41) is 0. The van der Waals surface area contributed by atoms with Crippen LogP contribution in [0.4, 0.5) is 0 Å². The van der Waals surface area contributed by atoms with Gasteiger partial charge in [0, 0.05) is 18.8 Å². The van der Waals surface area contributed by atoms with E-state index < -0.39 is 0 Å². The number of benzene rings is 1. The van der Waals surface area contributed by atoms with Crippen LogP contribution in [0, 0.1) is 0 Å². The summed E-state index contributed by atoms with van der Waals surface area (Å²) in [5.41, 5.74) is 2.03. The van der Waals surface area contributed by atoms with Crippen molar-refractivity contribution in [1.29, 1.82) is 0 Å². The quantitative estimate of drug-likeness (QED) is 0.831. The van der Waals surface area contributed by atoms with E-state index >= 15 is 0 Å². The average molecular weight is 352 g/mol. The highest BCUT2D eigenvalue weighted by Crippen LogP contribution is 2.38. The fourth-order valence-corrected chi connectivity index (χ4v) is 4.65. The van der Waals surface area contributed by atoms with Crippen LogP contribution in [0.25, 0.3) is 0 Å². The molecule has 138 valence electrons. The van der Waals surface area contributed by atoms with Gasteiger partial charge >= 0.3 is 0 Å². The lowest BCUT2D eigenvalue weighted by molar-refractivity contribution is -0.0506. The molecular formula is C22H28N2O2. The molecule has 0 N–H and O–H groups in total. The van der Waals surface area contributed by atoms with Gasteiger partial charge in [0.05, 0.1) is 18.8 Å². The van der Waals surface area contributed by atoms with Crippen LogP contribution in [0.2, 0.25) is 0 Å². The maximum atomic E-state index is 13.4. The van der Waals surface area contributed by atoms with E-state index in [9.17, 15) is 4.79 Å². The van der Waals surface area contributed by atoms with E-state index in [1.807, 2.05) is 24.4 Å². The van der Waals surface area contributed by atoms with E-state index in [0.29, 0.717) is 19.8 Å². The lowest BCUT2D eigenvalue weighted by Crippen LogP contribution is -2.57. The van der Waals surface area contributed by atoms with Crippen molar-refractivity contribution in [2.45, 2.75) is 50.6 Å². The first-order chi connectivity index (χ1) is 12.7. The number of morpholine rings is 1. The largest absolute Gasteiger partial charge is 0.377 e. The van der Waals surface area contributed by atoms with Crippen molar-refractivity contribution in [3.8, 4) is 0 Å². The minimum atomic E-state index is -0.0763. The van der Waals surface area contributed by atoms with Gasteiger partial charge in [0.15, 0.2) is 0 Å². The summed E-state index contributed by atoms with van der Waals surface area (Å²) in [7, 11) is 0. The SMILES string of the molecule is CC(Cc1ccccc1)n1cccc1C(=O)N1CCOCC12CCCC2. The number of hydrogen-bond donors (Lipinski definition) is 0. The van der Waals surface area contributed by atoms with Gasteiger partial charge in [-0.15, -0.1) is 0 Å². The van der Waals surface area contributed by atoms with E-state index in [1.54, 1.807) is 0 Å². The zero-order valence-corrected chi connectivity index (χ0v) is 15.6. The highest BCUT2D eigenvalue weighted by Gasteiger charge is 2.45. The van der Waals surface area contributed by atoms with Crippen LogP contribution in [-0.4, -0.2) is 40.7 Å². The molecule has 4 nitrogen and oxygen atoms in total. The number of aromatic nitrogens is 1. The van der Waals surface area contributed by atoms with Gasteiger partial charge in [-0.1, -0.05) is 43.2 Å². The molecule has 1 saturated heterocycles. The van der Waals surface area contributed by atoms with Gasteiger partial charge in [-0.25, -0.2) is 0 Å². The first-order valence-corrected chi connectivity index (χ1v) is 9.80. The number of hydrogen-bond acceptors (Lipinski definition) is 2. The summed E-state index contributed by atoms with van der Waals surface area (Å²) in [6.45, 7) is 4.23. The highest BCUT2D eigenvalue weighted by molar-refractivity contribution is 5.93. The Balaban J connectivity index is 1.56. The van der Waals surface area contributed by atoms with Crippen molar-refractivity contribution in [2.75, 3.05) is 19.8 Å². The summed E-state index contributed by atoms with van der Waals surface area (Å²) < 4.78 is 7.91. The molecule has 2 heterocycles. The molecule has 1 atom stereocenters. The number of carbonyl (C=O) groups excluding carboxylic acids is 1. The fourth-order valence-electron chi connectivity index (χ4n) is 4.65. The second-order valence-corrected chi connectivity index (χ2v) is 7.78. The first kappa shape index (κ1) is 17.3. The van der Waals surface area contributed by atoms with E-state index in [1.165, 1.54) is 18.4 Å². The molecule has 1 aromatic heterocycles. The molecule has 1 unspecified atom stereocenters. The average Bonchev–Trinajstić information content (AvgIpc) is 3.33. The van der Waals surface area contributed by atoms with Gasteiger partial charge in [0.1, 0.15) is 5.69 Å². The predicted octanol–water partition coefficient (Wildman–Crippen LogP) is 4.08. The van der Waals surface area contributed by atoms with Crippen LogP contribution >= 0.6 is 0 Å². The number of amides is 1.